The van der Waals surface area contributed by atoms with Crippen molar-refractivity contribution in [3.63, 3.8) is 0 Å². The molecule has 0 aliphatic carbocycles. The summed E-state index contributed by atoms with van der Waals surface area (Å²) in [6.45, 7) is 4.74. The van der Waals surface area contributed by atoms with Gasteiger partial charge in [-0.1, -0.05) is 5.92 Å². The Morgan fingerprint density at radius 3 is 2.50 bits per heavy atom. The first-order chi connectivity index (χ1) is 12.3. The van der Waals surface area contributed by atoms with Crippen LogP contribution in [-0.2, 0) is 16.7 Å². The highest BCUT2D eigenvalue weighted by atomic mass is 32.2. The standard InChI is InChI=1S/C17H22N4O3S2/c1-4-7-19-8-10-20(11-9-19)13-21-15-12-14(26(22,23)18(2)3)5-6-16(15)24-17(21)25/h1,5-6,12H,7-11,13H2,2-3H3. The van der Waals surface area contributed by atoms with Gasteiger partial charge < -0.3 is 4.42 Å². The number of aromatic nitrogens is 1. The molecule has 7 nitrogen and oxygen atoms in total. The average molecular weight is 395 g/mol. The van der Waals surface area contributed by atoms with Gasteiger partial charge in [-0.05, 0) is 30.4 Å². The van der Waals surface area contributed by atoms with E-state index in [1.165, 1.54) is 18.4 Å². The van der Waals surface area contributed by atoms with Crippen LogP contribution < -0.4 is 0 Å². The molecule has 0 bridgehead atoms. The lowest BCUT2D eigenvalue weighted by atomic mass is 10.3. The second-order valence-corrected chi connectivity index (χ2v) is 8.95. The van der Waals surface area contributed by atoms with Gasteiger partial charge in [-0.15, -0.1) is 6.42 Å². The molecule has 2 aromatic rings. The van der Waals surface area contributed by atoms with Crippen LogP contribution in [-0.4, -0.2) is 73.9 Å². The summed E-state index contributed by atoms with van der Waals surface area (Å²) in [5.74, 6) is 2.67. The average Bonchev–Trinajstić information content (AvgIpc) is 2.91. The first kappa shape index (κ1) is 19.1. The van der Waals surface area contributed by atoms with Crippen molar-refractivity contribution in [1.29, 1.82) is 0 Å². The number of nitrogens with zero attached hydrogens (tertiary/aromatic N) is 4. The molecule has 1 aliphatic rings. The van der Waals surface area contributed by atoms with Crippen molar-refractivity contribution in [3.05, 3.63) is 23.0 Å². The predicted molar refractivity (Wildman–Crippen MR) is 103 cm³/mol. The van der Waals surface area contributed by atoms with Gasteiger partial charge in [0.2, 0.25) is 10.0 Å². The van der Waals surface area contributed by atoms with Gasteiger partial charge in [-0.2, -0.15) is 0 Å². The van der Waals surface area contributed by atoms with Gasteiger partial charge in [0.05, 0.1) is 23.6 Å². The zero-order chi connectivity index (χ0) is 18.9. The van der Waals surface area contributed by atoms with E-state index in [9.17, 15) is 8.42 Å². The summed E-state index contributed by atoms with van der Waals surface area (Å²) in [7, 11) is -0.495. The fourth-order valence-corrected chi connectivity index (χ4v) is 4.13. The Hall–Kier alpha value is -1.70. The van der Waals surface area contributed by atoms with E-state index in [-0.39, 0.29) is 4.90 Å². The highest BCUT2D eigenvalue weighted by Crippen LogP contribution is 2.23. The summed E-state index contributed by atoms with van der Waals surface area (Å²) in [6.07, 6.45) is 5.37. The number of terminal acetylenes is 1. The van der Waals surface area contributed by atoms with Crippen LogP contribution >= 0.6 is 12.2 Å². The third kappa shape index (κ3) is 3.70. The minimum absolute atomic E-state index is 0.221. The van der Waals surface area contributed by atoms with Crippen molar-refractivity contribution in [2.24, 2.45) is 0 Å². The molecule has 0 radical (unpaired) electrons. The molecule has 0 N–H and O–H groups in total. The fourth-order valence-electron chi connectivity index (χ4n) is 2.97. The zero-order valence-corrected chi connectivity index (χ0v) is 16.5. The summed E-state index contributed by atoms with van der Waals surface area (Å²) in [4.78, 5) is 5.04. The van der Waals surface area contributed by atoms with Crippen LogP contribution in [0.15, 0.2) is 27.5 Å². The maximum absolute atomic E-state index is 12.4. The molecule has 2 heterocycles. The first-order valence-corrected chi connectivity index (χ1v) is 10.1. The summed E-state index contributed by atoms with van der Waals surface area (Å²) in [6, 6.07) is 4.82. The molecule has 1 saturated heterocycles. The number of benzene rings is 1. The topological polar surface area (TPSA) is 61.9 Å². The number of piperazine rings is 1. The summed E-state index contributed by atoms with van der Waals surface area (Å²) < 4.78 is 33.5. The van der Waals surface area contributed by atoms with Crippen molar-refractivity contribution < 1.29 is 12.8 Å². The molecule has 0 spiro atoms. The molecule has 1 aliphatic heterocycles. The lowest BCUT2D eigenvalue weighted by Crippen LogP contribution is -2.46. The largest absolute Gasteiger partial charge is 0.429 e. The molecule has 140 valence electrons. The molecule has 3 rings (SSSR count). The Morgan fingerprint density at radius 2 is 1.88 bits per heavy atom. The lowest BCUT2D eigenvalue weighted by molar-refractivity contribution is 0.116. The van der Waals surface area contributed by atoms with Crippen LogP contribution in [0.1, 0.15) is 0 Å². The van der Waals surface area contributed by atoms with Gasteiger partial charge in [0.25, 0.3) is 4.84 Å². The van der Waals surface area contributed by atoms with E-state index in [0.29, 0.717) is 29.2 Å². The molecule has 26 heavy (non-hydrogen) atoms. The van der Waals surface area contributed by atoms with Gasteiger partial charge in [0, 0.05) is 40.3 Å². The summed E-state index contributed by atoms with van der Waals surface area (Å²) in [5, 5.41) is 0. The Labute approximate surface area is 158 Å². The van der Waals surface area contributed by atoms with E-state index >= 15 is 0 Å². The minimum atomic E-state index is -3.52. The van der Waals surface area contributed by atoms with Crippen LogP contribution in [0.5, 0.6) is 0 Å². The number of sulfonamides is 1. The van der Waals surface area contributed by atoms with E-state index < -0.39 is 10.0 Å². The van der Waals surface area contributed by atoms with Gasteiger partial charge in [-0.25, -0.2) is 12.7 Å². The number of oxazole rings is 1. The van der Waals surface area contributed by atoms with Gasteiger partial charge >= 0.3 is 0 Å². The smallest absolute Gasteiger partial charge is 0.270 e. The minimum Gasteiger partial charge on any atom is -0.429 e. The quantitative estimate of drug-likeness (QED) is 0.565. The molecule has 9 heteroatoms. The Morgan fingerprint density at radius 1 is 1.23 bits per heavy atom. The van der Waals surface area contributed by atoms with Crippen molar-refractivity contribution in [2.75, 3.05) is 46.8 Å². The van der Waals surface area contributed by atoms with E-state index in [2.05, 4.69) is 15.7 Å². The monoisotopic (exact) mass is 394 g/mol. The molecule has 1 fully saturated rings. The number of hydrogen-bond acceptors (Lipinski definition) is 6. The van der Waals surface area contributed by atoms with Gasteiger partial charge in [0.15, 0.2) is 5.58 Å². The first-order valence-electron chi connectivity index (χ1n) is 8.27. The van der Waals surface area contributed by atoms with E-state index in [1.807, 2.05) is 4.57 Å². The number of hydrogen-bond donors (Lipinski definition) is 0. The van der Waals surface area contributed by atoms with Gasteiger partial charge in [-0.3, -0.25) is 14.4 Å². The van der Waals surface area contributed by atoms with Crippen LogP contribution in [0.3, 0.4) is 0 Å². The maximum Gasteiger partial charge on any atom is 0.270 e. The Kier molecular flexibility index (Phi) is 5.50. The normalized spacial score (nSPS) is 17.0. The third-order valence-corrected chi connectivity index (χ3v) is 6.65. The Balaban J connectivity index is 1.88. The third-order valence-electron chi connectivity index (χ3n) is 4.54. The maximum atomic E-state index is 12.4. The second-order valence-electron chi connectivity index (χ2n) is 6.45. The Bertz CT molecular complexity index is 993. The van der Waals surface area contributed by atoms with Crippen LogP contribution in [0, 0.1) is 17.2 Å². The number of fused-ring (bicyclic) bond motifs is 1. The summed E-state index contributed by atoms with van der Waals surface area (Å²) in [5.41, 5.74) is 1.27. The molecule has 1 aromatic carbocycles. The molecule has 0 amide bonds. The van der Waals surface area contributed by atoms with E-state index in [0.717, 1.165) is 26.2 Å². The zero-order valence-electron chi connectivity index (χ0n) is 14.9. The van der Waals surface area contributed by atoms with Crippen molar-refractivity contribution >= 4 is 33.3 Å². The SMILES string of the molecule is C#CCN1CCN(Cn2c(=S)oc3ccc(S(=O)(=O)N(C)C)cc32)CC1. The molecular weight excluding hydrogens is 372 g/mol. The molecular formula is C17H22N4O3S2. The molecule has 1 aromatic heterocycles. The van der Waals surface area contributed by atoms with Gasteiger partial charge in [0.1, 0.15) is 0 Å². The molecule has 0 saturated carbocycles. The van der Waals surface area contributed by atoms with Crippen molar-refractivity contribution in [1.82, 2.24) is 18.7 Å². The van der Waals surface area contributed by atoms with Crippen LogP contribution in [0.4, 0.5) is 0 Å². The van der Waals surface area contributed by atoms with Crippen molar-refractivity contribution in [3.8, 4) is 12.3 Å². The van der Waals surface area contributed by atoms with Crippen LogP contribution in [0.25, 0.3) is 11.1 Å². The van der Waals surface area contributed by atoms with Crippen LogP contribution in [0.2, 0.25) is 0 Å². The fraction of sp³-hybridized carbons (Fsp3) is 0.471. The van der Waals surface area contributed by atoms with E-state index in [1.54, 1.807) is 18.2 Å². The van der Waals surface area contributed by atoms with E-state index in [4.69, 9.17) is 23.1 Å². The lowest BCUT2D eigenvalue weighted by Gasteiger charge is -2.33. The highest BCUT2D eigenvalue weighted by molar-refractivity contribution is 7.89. The molecule has 0 unspecified atom stereocenters. The predicted octanol–water partition coefficient (Wildman–Crippen LogP) is 1.42. The highest BCUT2D eigenvalue weighted by Gasteiger charge is 2.21. The molecule has 0 atom stereocenters. The van der Waals surface area contributed by atoms with Crippen molar-refractivity contribution in [2.45, 2.75) is 11.6 Å². The number of rotatable bonds is 5. The second kappa shape index (κ2) is 7.50. The summed E-state index contributed by atoms with van der Waals surface area (Å²) >= 11 is 5.35.